The van der Waals surface area contributed by atoms with Gasteiger partial charge in [-0.2, -0.15) is 13.2 Å². The Morgan fingerprint density at radius 3 is 2.67 bits per heavy atom. The van der Waals surface area contributed by atoms with E-state index in [0.717, 1.165) is 37.0 Å². The molecule has 0 saturated heterocycles. The van der Waals surface area contributed by atoms with Crippen LogP contribution >= 0.6 is 0 Å². The Labute approximate surface area is 154 Å². The molecule has 27 heavy (non-hydrogen) atoms. The molecule has 0 radical (unpaired) electrons. The minimum atomic E-state index is -4.43. The van der Waals surface area contributed by atoms with Crippen molar-refractivity contribution in [1.82, 2.24) is 15.3 Å². The Hall–Kier alpha value is -2.67. The van der Waals surface area contributed by atoms with Gasteiger partial charge in [-0.05, 0) is 42.0 Å². The molecule has 0 aliphatic heterocycles. The summed E-state index contributed by atoms with van der Waals surface area (Å²) in [5, 5.41) is 5.80. The molecule has 1 aliphatic carbocycles. The molecule has 3 aromatic rings. The van der Waals surface area contributed by atoms with Crippen molar-refractivity contribution < 1.29 is 17.9 Å². The summed E-state index contributed by atoms with van der Waals surface area (Å²) < 4.78 is 43.2. The van der Waals surface area contributed by atoms with Crippen LogP contribution in [-0.2, 0) is 12.7 Å². The number of fused-ring (bicyclic) bond motifs is 1. The summed E-state index contributed by atoms with van der Waals surface area (Å²) in [6.45, 7) is 0.751. The Bertz CT molecular complexity index is 916. The second-order valence-electron chi connectivity index (χ2n) is 6.68. The molecule has 0 unspecified atom stereocenters. The number of nitrogens with zero attached hydrogens (tertiary/aromatic N) is 2. The predicted molar refractivity (Wildman–Crippen MR) is 95.3 cm³/mol. The van der Waals surface area contributed by atoms with Crippen molar-refractivity contribution in [1.29, 1.82) is 0 Å². The SMILES string of the molecule is FC(F)(F)c1ccc(O[C@H]2C[C@H](NCc3cccc4cnccc34)C2)cn1. The van der Waals surface area contributed by atoms with Crippen LogP contribution in [0.1, 0.15) is 24.1 Å². The average molecular weight is 373 g/mol. The Morgan fingerprint density at radius 2 is 1.93 bits per heavy atom. The molecule has 140 valence electrons. The maximum atomic E-state index is 12.5. The summed E-state index contributed by atoms with van der Waals surface area (Å²) in [5.41, 5.74) is 0.305. The monoisotopic (exact) mass is 373 g/mol. The van der Waals surface area contributed by atoms with Gasteiger partial charge in [0, 0.05) is 30.4 Å². The van der Waals surface area contributed by atoms with E-state index in [1.807, 2.05) is 24.4 Å². The van der Waals surface area contributed by atoms with Gasteiger partial charge < -0.3 is 10.1 Å². The summed E-state index contributed by atoms with van der Waals surface area (Å²) in [6, 6.07) is 10.8. The second kappa shape index (κ2) is 7.15. The molecular weight excluding hydrogens is 355 g/mol. The van der Waals surface area contributed by atoms with Crippen molar-refractivity contribution in [2.75, 3.05) is 0 Å². The lowest BCUT2D eigenvalue weighted by Gasteiger charge is -2.36. The third kappa shape index (κ3) is 4.03. The molecule has 1 saturated carbocycles. The van der Waals surface area contributed by atoms with Gasteiger partial charge in [-0.1, -0.05) is 18.2 Å². The normalized spacial score (nSPS) is 19.7. The van der Waals surface area contributed by atoms with Gasteiger partial charge in [0.25, 0.3) is 0 Å². The fourth-order valence-corrected chi connectivity index (χ4v) is 3.24. The van der Waals surface area contributed by atoms with Gasteiger partial charge >= 0.3 is 6.18 Å². The molecule has 4 nitrogen and oxygen atoms in total. The molecule has 0 amide bonds. The number of nitrogens with one attached hydrogen (secondary N) is 1. The van der Waals surface area contributed by atoms with E-state index in [0.29, 0.717) is 11.8 Å². The lowest BCUT2D eigenvalue weighted by molar-refractivity contribution is -0.141. The topological polar surface area (TPSA) is 47.0 Å². The van der Waals surface area contributed by atoms with Crippen LogP contribution in [0.15, 0.2) is 55.0 Å². The van der Waals surface area contributed by atoms with Gasteiger partial charge in [-0.25, -0.2) is 4.98 Å². The third-order valence-corrected chi connectivity index (χ3v) is 4.78. The van der Waals surface area contributed by atoms with Gasteiger partial charge in [-0.3, -0.25) is 4.98 Å². The van der Waals surface area contributed by atoms with Crippen molar-refractivity contribution in [2.45, 2.75) is 37.7 Å². The zero-order valence-electron chi connectivity index (χ0n) is 14.4. The van der Waals surface area contributed by atoms with Crippen molar-refractivity contribution >= 4 is 10.8 Å². The number of hydrogen-bond donors (Lipinski definition) is 1. The molecule has 4 rings (SSSR count). The summed E-state index contributed by atoms with van der Waals surface area (Å²) >= 11 is 0. The predicted octanol–water partition coefficient (Wildman–Crippen LogP) is 4.35. The van der Waals surface area contributed by atoms with Gasteiger partial charge in [0.1, 0.15) is 17.5 Å². The molecule has 0 atom stereocenters. The third-order valence-electron chi connectivity index (χ3n) is 4.78. The van der Waals surface area contributed by atoms with Gasteiger partial charge in [0.15, 0.2) is 0 Å². The average Bonchev–Trinajstić information content (AvgIpc) is 2.63. The molecule has 2 aromatic heterocycles. The maximum absolute atomic E-state index is 12.5. The Morgan fingerprint density at radius 1 is 1.07 bits per heavy atom. The Kier molecular flexibility index (Phi) is 4.70. The minimum absolute atomic E-state index is 0.00208. The quantitative estimate of drug-likeness (QED) is 0.722. The van der Waals surface area contributed by atoms with Crippen LogP contribution in [0.4, 0.5) is 13.2 Å². The highest BCUT2D eigenvalue weighted by Crippen LogP contribution is 2.30. The van der Waals surface area contributed by atoms with E-state index in [4.69, 9.17) is 4.74 Å². The number of rotatable bonds is 5. The largest absolute Gasteiger partial charge is 0.489 e. The van der Waals surface area contributed by atoms with Crippen LogP contribution in [0.25, 0.3) is 10.8 Å². The Balaban J connectivity index is 1.27. The van der Waals surface area contributed by atoms with E-state index in [-0.39, 0.29) is 6.10 Å². The molecular formula is C20H18F3N3O. The van der Waals surface area contributed by atoms with Crippen molar-refractivity contribution in [2.24, 2.45) is 0 Å². The molecule has 1 aromatic carbocycles. The van der Waals surface area contributed by atoms with E-state index in [1.54, 1.807) is 6.20 Å². The summed E-state index contributed by atoms with van der Waals surface area (Å²) in [4.78, 5) is 7.56. The molecule has 7 heteroatoms. The van der Waals surface area contributed by atoms with Gasteiger partial charge in [0.2, 0.25) is 0 Å². The maximum Gasteiger partial charge on any atom is 0.433 e. The standard InChI is InChI=1S/C20H18F3N3O/c21-20(22,23)19-5-4-16(12-26-19)27-17-8-15(9-17)25-11-14-3-1-2-13-10-24-7-6-18(13)14/h1-7,10,12,15,17,25H,8-9,11H2/t15-,17-. The van der Waals surface area contributed by atoms with Crippen LogP contribution in [0.3, 0.4) is 0 Å². The number of halogens is 3. The summed E-state index contributed by atoms with van der Waals surface area (Å²) in [7, 11) is 0. The van der Waals surface area contributed by atoms with Crippen molar-refractivity contribution in [3.8, 4) is 5.75 Å². The van der Waals surface area contributed by atoms with E-state index in [1.165, 1.54) is 17.0 Å². The zero-order chi connectivity index (χ0) is 18.9. The number of ether oxygens (including phenoxy) is 1. The first-order valence-corrected chi connectivity index (χ1v) is 8.74. The minimum Gasteiger partial charge on any atom is -0.489 e. The second-order valence-corrected chi connectivity index (χ2v) is 6.68. The van der Waals surface area contributed by atoms with Gasteiger partial charge in [0.05, 0.1) is 6.20 Å². The first kappa shape index (κ1) is 17.7. The zero-order valence-corrected chi connectivity index (χ0v) is 14.4. The van der Waals surface area contributed by atoms with E-state index in [9.17, 15) is 13.2 Å². The highest BCUT2D eigenvalue weighted by molar-refractivity contribution is 5.84. The molecule has 1 fully saturated rings. The molecule has 1 aliphatic rings. The molecule has 2 heterocycles. The van der Waals surface area contributed by atoms with Crippen molar-refractivity contribution in [3.05, 3.63) is 66.2 Å². The number of benzene rings is 1. The number of hydrogen-bond acceptors (Lipinski definition) is 4. The van der Waals surface area contributed by atoms with Crippen LogP contribution in [0, 0.1) is 0 Å². The fraction of sp³-hybridized carbons (Fsp3) is 0.300. The highest BCUT2D eigenvalue weighted by atomic mass is 19.4. The van der Waals surface area contributed by atoms with E-state index >= 15 is 0 Å². The molecule has 1 N–H and O–H groups in total. The first-order valence-electron chi connectivity index (χ1n) is 8.74. The number of aromatic nitrogens is 2. The number of pyridine rings is 2. The molecule has 0 bridgehead atoms. The van der Waals surface area contributed by atoms with Crippen LogP contribution in [0.5, 0.6) is 5.75 Å². The van der Waals surface area contributed by atoms with E-state index in [2.05, 4.69) is 21.4 Å². The smallest absolute Gasteiger partial charge is 0.433 e. The lowest BCUT2D eigenvalue weighted by atomic mass is 9.89. The fourth-order valence-electron chi connectivity index (χ4n) is 3.24. The first-order chi connectivity index (χ1) is 13.0. The van der Waals surface area contributed by atoms with Gasteiger partial charge in [-0.15, -0.1) is 0 Å². The van der Waals surface area contributed by atoms with Crippen molar-refractivity contribution in [3.63, 3.8) is 0 Å². The number of alkyl halides is 3. The highest BCUT2D eigenvalue weighted by Gasteiger charge is 2.33. The lowest BCUT2D eigenvalue weighted by Crippen LogP contribution is -2.46. The summed E-state index contributed by atoms with van der Waals surface area (Å²) in [5.74, 6) is 0.369. The van der Waals surface area contributed by atoms with Crippen LogP contribution < -0.4 is 10.1 Å². The summed E-state index contributed by atoms with van der Waals surface area (Å²) in [6.07, 6.45) is 1.97. The van der Waals surface area contributed by atoms with Crippen LogP contribution in [0.2, 0.25) is 0 Å². The molecule has 0 spiro atoms. The van der Waals surface area contributed by atoms with Crippen LogP contribution in [-0.4, -0.2) is 22.1 Å². The van der Waals surface area contributed by atoms with E-state index < -0.39 is 11.9 Å².